The van der Waals surface area contributed by atoms with Crippen LogP contribution in [-0.4, -0.2) is 7.05 Å². The van der Waals surface area contributed by atoms with Gasteiger partial charge in [0.05, 0.1) is 6.04 Å². The van der Waals surface area contributed by atoms with Crippen LogP contribution in [0, 0.1) is 12.7 Å². The van der Waals surface area contributed by atoms with Crippen LogP contribution in [0.4, 0.5) is 10.1 Å². The van der Waals surface area contributed by atoms with Gasteiger partial charge >= 0.3 is 0 Å². The third kappa shape index (κ3) is 3.04. The number of nitrogens with zero attached hydrogens (tertiary/aromatic N) is 1. The van der Waals surface area contributed by atoms with Gasteiger partial charge in [0, 0.05) is 23.6 Å². The number of rotatable bonds is 4. The first-order chi connectivity index (χ1) is 9.54. The van der Waals surface area contributed by atoms with Crippen LogP contribution in [0.2, 0.25) is 0 Å². The molecule has 0 amide bonds. The lowest BCUT2D eigenvalue weighted by Gasteiger charge is -2.29. The van der Waals surface area contributed by atoms with Crippen LogP contribution < -0.4 is 4.90 Å². The first kappa shape index (κ1) is 15.0. The minimum Gasteiger partial charge on any atom is -0.368 e. The lowest BCUT2D eigenvalue weighted by Crippen LogP contribution is -2.23. The van der Waals surface area contributed by atoms with Crippen molar-refractivity contribution in [2.24, 2.45) is 0 Å². The maximum atomic E-state index is 13.9. The Morgan fingerprint density at radius 1 is 1.20 bits per heavy atom. The van der Waals surface area contributed by atoms with Crippen molar-refractivity contribution in [1.29, 1.82) is 0 Å². The fourth-order valence-corrected chi connectivity index (χ4v) is 2.78. The molecule has 0 bridgehead atoms. The smallest absolute Gasteiger partial charge is 0.128 e. The van der Waals surface area contributed by atoms with Crippen molar-refractivity contribution in [3.8, 4) is 0 Å². The molecule has 0 saturated carbocycles. The molecule has 0 heterocycles. The molecule has 2 aromatic rings. The van der Waals surface area contributed by atoms with Gasteiger partial charge in [-0.15, -0.1) is 0 Å². The van der Waals surface area contributed by atoms with Crippen LogP contribution in [-0.2, 0) is 5.33 Å². The predicted octanol–water partition coefficient (Wildman–Crippen LogP) is 5.23. The van der Waals surface area contributed by atoms with Gasteiger partial charge in [0.2, 0.25) is 0 Å². The van der Waals surface area contributed by atoms with Crippen molar-refractivity contribution in [2.45, 2.75) is 25.2 Å². The molecule has 0 N–H and O–H groups in total. The Kier molecular flexibility index (Phi) is 4.81. The molecule has 106 valence electrons. The van der Waals surface area contributed by atoms with Crippen molar-refractivity contribution in [3.05, 3.63) is 65.0 Å². The summed E-state index contributed by atoms with van der Waals surface area (Å²) in [5.74, 6) is -0.151. The highest BCUT2D eigenvalue weighted by molar-refractivity contribution is 9.08. The summed E-state index contributed by atoms with van der Waals surface area (Å²) >= 11 is 3.47. The molecule has 0 saturated heterocycles. The van der Waals surface area contributed by atoms with Crippen molar-refractivity contribution in [1.82, 2.24) is 0 Å². The molecule has 0 aliphatic heterocycles. The highest BCUT2D eigenvalue weighted by atomic mass is 79.9. The molecule has 0 aliphatic carbocycles. The van der Waals surface area contributed by atoms with E-state index in [9.17, 15) is 4.39 Å². The molecule has 0 radical (unpaired) electrons. The minimum absolute atomic E-state index is 0.00952. The van der Waals surface area contributed by atoms with E-state index in [1.54, 1.807) is 6.07 Å². The molecule has 2 rings (SSSR count). The van der Waals surface area contributed by atoms with Crippen molar-refractivity contribution in [2.75, 3.05) is 11.9 Å². The van der Waals surface area contributed by atoms with Crippen LogP contribution in [0.1, 0.15) is 29.7 Å². The van der Waals surface area contributed by atoms with Gasteiger partial charge in [0.25, 0.3) is 0 Å². The molecular formula is C17H19BrFN. The van der Waals surface area contributed by atoms with E-state index in [0.717, 1.165) is 16.6 Å². The van der Waals surface area contributed by atoms with Crippen LogP contribution in [0.3, 0.4) is 0 Å². The van der Waals surface area contributed by atoms with Crippen molar-refractivity contribution in [3.63, 3.8) is 0 Å². The van der Waals surface area contributed by atoms with Crippen LogP contribution in [0.5, 0.6) is 0 Å². The average molecular weight is 336 g/mol. The maximum absolute atomic E-state index is 13.9. The normalized spacial score (nSPS) is 12.2. The van der Waals surface area contributed by atoms with E-state index < -0.39 is 0 Å². The Morgan fingerprint density at radius 3 is 2.50 bits per heavy atom. The molecule has 1 unspecified atom stereocenters. The van der Waals surface area contributed by atoms with E-state index in [-0.39, 0.29) is 11.9 Å². The largest absolute Gasteiger partial charge is 0.368 e. The second-order valence-corrected chi connectivity index (χ2v) is 5.62. The first-order valence-electron chi connectivity index (χ1n) is 6.67. The summed E-state index contributed by atoms with van der Waals surface area (Å²) < 4.78 is 13.9. The van der Waals surface area contributed by atoms with Crippen molar-refractivity contribution >= 4 is 21.6 Å². The van der Waals surface area contributed by atoms with E-state index in [1.807, 2.05) is 26.1 Å². The quantitative estimate of drug-likeness (QED) is 0.692. The molecule has 1 atom stereocenters. The molecule has 0 aliphatic rings. The second-order valence-electron chi connectivity index (χ2n) is 5.06. The zero-order chi connectivity index (χ0) is 14.7. The molecule has 1 nitrogen and oxygen atoms in total. The molecule has 3 heteroatoms. The topological polar surface area (TPSA) is 3.24 Å². The summed E-state index contributed by atoms with van der Waals surface area (Å²) in [4.78, 5) is 2.12. The number of hydrogen-bond acceptors (Lipinski definition) is 1. The highest BCUT2D eigenvalue weighted by Crippen LogP contribution is 2.30. The van der Waals surface area contributed by atoms with E-state index >= 15 is 0 Å². The second kappa shape index (κ2) is 6.40. The molecule has 0 spiro atoms. The van der Waals surface area contributed by atoms with E-state index in [0.29, 0.717) is 0 Å². The summed E-state index contributed by atoms with van der Waals surface area (Å²) in [6.07, 6.45) is 0. The zero-order valence-corrected chi connectivity index (χ0v) is 13.6. The number of halogens is 2. The number of alkyl halides is 1. The molecule has 0 fully saturated rings. The minimum atomic E-state index is -0.151. The van der Waals surface area contributed by atoms with E-state index in [2.05, 4.69) is 46.0 Å². The number of benzene rings is 2. The molecule has 2 aromatic carbocycles. The summed E-state index contributed by atoms with van der Waals surface area (Å²) in [5, 5.41) is 0.848. The van der Waals surface area contributed by atoms with Crippen LogP contribution >= 0.6 is 15.9 Å². The fourth-order valence-electron chi connectivity index (χ4n) is 2.43. The Hall–Kier alpha value is -1.35. The Balaban J connectivity index is 2.31. The Labute approximate surface area is 128 Å². The van der Waals surface area contributed by atoms with E-state index in [4.69, 9.17) is 0 Å². The lowest BCUT2D eigenvalue weighted by molar-refractivity contribution is 0.585. The van der Waals surface area contributed by atoms with Gasteiger partial charge in [0.15, 0.2) is 0 Å². The molecule has 20 heavy (non-hydrogen) atoms. The van der Waals surface area contributed by atoms with Gasteiger partial charge < -0.3 is 4.90 Å². The Morgan fingerprint density at radius 2 is 1.90 bits per heavy atom. The SMILES string of the molecule is Cc1cc(CBr)ccc1N(C)C(C)c1ccccc1F. The zero-order valence-electron chi connectivity index (χ0n) is 12.0. The number of aryl methyl sites for hydroxylation is 1. The van der Waals surface area contributed by atoms with Gasteiger partial charge in [0.1, 0.15) is 5.82 Å². The monoisotopic (exact) mass is 335 g/mol. The highest BCUT2D eigenvalue weighted by Gasteiger charge is 2.17. The van der Waals surface area contributed by atoms with E-state index in [1.165, 1.54) is 17.2 Å². The van der Waals surface area contributed by atoms with Crippen LogP contribution in [0.25, 0.3) is 0 Å². The third-order valence-corrected chi connectivity index (χ3v) is 4.38. The van der Waals surface area contributed by atoms with Crippen molar-refractivity contribution < 1.29 is 4.39 Å². The standard InChI is InChI=1S/C17H19BrFN/c1-12-10-14(11-18)8-9-17(12)20(3)13(2)15-6-4-5-7-16(15)19/h4-10,13H,11H2,1-3H3. The summed E-state index contributed by atoms with van der Waals surface area (Å²) in [6.45, 7) is 4.11. The predicted molar refractivity (Wildman–Crippen MR) is 87.0 cm³/mol. The summed E-state index contributed by atoms with van der Waals surface area (Å²) in [5.41, 5.74) is 4.30. The van der Waals surface area contributed by atoms with Gasteiger partial charge in [-0.2, -0.15) is 0 Å². The maximum Gasteiger partial charge on any atom is 0.128 e. The lowest BCUT2D eigenvalue weighted by atomic mass is 10.0. The Bertz CT molecular complexity index is 597. The molecular weight excluding hydrogens is 317 g/mol. The van der Waals surface area contributed by atoms with Gasteiger partial charge in [-0.3, -0.25) is 0 Å². The van der Waals surface area contributed by atoms with Gasteiger partial charge in [-0.1, -0.05) is 46.3 Å². The van der Waals surface area contributed by atoms with Crippen LogP contribution in [0.15, 0.2) is 42.5 Å². The third-order valence-electron chi connectivity index (χ3n) is 3.73. The summed E-state index contributed by atoms with van der Waals surface area (Å²) in [6, 6.07) is 13.3. The number of anilines is 1. The molecule has 0 aromatic heterocycles. The number of hydrogen-bond donors (Lipinski definition) is 0. The first-order valence-corrected chi connectivity index (χ1v) is 7.79. The average Bonchev–Trinajstić information content (AvgIpc) is 2.46. The fraction of sp³-hybridized carbons (Fsp3) is 0.294. The van der Waals surface area contributed by atoms with Gasteiger partial charge in [-0.05, 0) is 37.1 Å². The summed E-state index contributed by atoms with van der Waals surface area (Å²) in [7, 11) is 2.01. The van der Waals surface area contributed by atoms with Gasteiger partial charge in [-0.25, -0.2) is 4.39 Å².